The van der Waals surface area contributed by atoms with Crippen molar-refractivity contribution in [1.29, 1.82) is 0 Å². The zero-order chi connectivity index (χ0) is 18.7. The second-order valence-electron chi connectivity index (χ2n) is 7.07. The van der Waals surface area contributed by atoms with E-state index >= 15 is 0 Å². The number of hydrogen-bond donors (Lipinski definition) is 3. The molecule has 2 heterocycles. The van der Waals surface area contributed by atoms with Gasteiger partial charge in [-0.25, -0.2) is 0 Å². The Hall–Kier alpha value is -2.25. The van der Waals surface area contributed by atoms with Crippen LogP contribution in [0.25, 0.3) is 0 Å². The van der Waals surface area contributed by atoms with Gasteiger partial charge in [0.15, 0.2) is 0 Å². The van der Waals surface area contributed by atoms with Gasteiger partial charge in [0.2, 0.25) is 11.8 Å². The van der Waals surface area contributed by atoms with E-state index in [1.165, 1.54) is 0 Å². The van der Waals surface area contributed by atoms with Gasteiger partial charge in [-0.15, -0.1) is 0 Å². The number of amides is 3. The second kappa shape index (κ2) is 7.97. The topological polar surface area (TPSA) is 105 Å². The van der Waals surface area contributed by atoms with E-state index < -0.39 is 6.04 Å². The molecule has 0 spiro atoms. The molecule has 1 aromatic rings. The van der Waals surface area contributed by atoms with Crippen LogP contribution >= 0.6 is 0 Å². The van der Waals surface area contributed by atoms with Gasteiger partial charge in [0, 0.05) is 37.7 Å². The van der Waals surface area contributed by atoms with Crippen LogP contribution in [0.5, 0.6) is 0 Å². The van der Waals surface area contributed by atoms with Crippen molar-refractivity contribution in [2.75, 3.05) is 6.54 Å². The Morgan fingerprint density at radius 3 is 2.88 bits per heavy atom. The van der Waals surface area contributed by atoms with E-state index in [4.69, 9.17) is 5.73 Å². The average molecular weight is 358 g/mol. The lowest BCUT2D eigenvalue weighted by Gasteiger charge is -2.29. The fourth-order valence-corrected chi connectivity index (χ4v) is 3.61. The maximum Gasteiger partial charge on any atom is 0.255 e. The Balaban J connectivity index is 1.63. The number of nitrogens with two attached hydrogens (primary N) is 1. The molecule has 0 aromatic heterocycles. The first-order chi connectivity index (χ1) is 12.5. The summed E-state index contributed by atoms with van der Waals surface area (Å²) < 4.78 is 0. The number of carbonyl (C=O) groups excluding carboxylic acids is 3. The molecule has 2 aliphatic rings. The summed E-state index contributed by atoms with van der Waals surface area (Å²) in [6, 6.07) is 5.35. The Morgan fingerprint density at radius 1 is 1.35 bits per heavy atom. The molecular weight excluding hydrogens is 332 g/mol. The lowest BCUT2D eigenvalue weighted by atomic mass is 10.0. The molecule has 7 heteroatoms. The minimum Gasteiger partial charge on any atom is -0.327 e. The van der Waals surface area contributed by atoms with Crippen LogP contribution in [0, 0.1) is 0 Å². The van der Waals surface area contributed by atoms with Crippen LogP contribution in [0.2, 0.25) is 0 Å². The number of hydrogen-bond acceptors (Lipinski definition) is 5. The summed E-state index contributed by atoms with van der Waals surface area (Å²) in [5.41, 5.74) is 8.66. The first kappa shape index (κ1) is 18.5. The van der Waals surface area contributed by atoms with Crippen molar-refractivity contribution < 1.29 is 14.4 Å². The van der Waals surface area contributed by atoms with Crippen LogP contribution < -0.4 is 16.4 Å². The van der Waals surface area contributed by atoms with E-state index in [0.717, 1.165) is 30.5 Å². The number of carbonyl (C=O) groups is 3. The molecule has 4 N–H and O–H groups in total. The van der Waals surface area contributed by atoms with Crippen LogP contribution in [0.1, 0.15) is 54.1 Å². The number of nitrogens with one attached hydrogen (secondary N) is 2. The summed E-state index contributed by atoms with van der Waals surface area (Å²) in [4.78, 5) is 37.6. The maximum atomic E-state index is 12.6. The molecule has 0 radical (unpaired) electrons. The van der Waals surface area contributed by atoms with E-state index in [1.54, 1.807) is 4.90 Å². The maximum absolute atomic E-state index is 12.6. The van der Waals surface area contributed by atoms with Gasteiger partial charge in [-0.2, -0.15) is 0 Å². The summed E-state index contributed by atoms with van der Waals surface area (Å²) in [6.07, 6.45) is 2.71. The van der Waals surface area contributed by atoms with Crippen molar-refractivity contribution in [1.82, 2.24) is 15.5 Å². The van der Waals surface area contributed by atoms with E-state index in [0.29, 0.717) is 25.1 Å². The summed E-state index contributed by atoms with van der Waals surface area (Å²) in [7, 11) is 0. The van der Waals surface area contributed by atoms with Crippen molar-refractivity contribution >= 4 is 17.7 Å². The molecule has 7 nitrogen and oxygen atoms in total. The van der Waals surface area contributed by atoms with Crippen molar-refractivity contribution in [3.05, 3.63) is 34.9 Å². The van der Waals surface area contributed by atoms with Gasteiger partial charge >= 0.3 is 0 Å². The number of piperidine rings is 1. The SMILES string of the molecule is CCCC(N)CNCc1ccc2c(c1)CN(C1CCC(=O)NC1=O)C2=O. The Bertz CT molecular complexity index is 719. The van der Waals surface area contributed by atoms with Crippen molar-refractivity contribution in [2.45, 2.75) is 57.8 Å². The van der Waals surface area contributed by atoms with Crippen LogP contribution in [-0.4, -0.2) is 41.2 Å². The normalized spacial score (nSPS) is 20.9. The van der Waals surface area contributed by atoms with E-state index in [1.807, 2.05) is 18.2 Å². The molecule has 26 heavy (non-hydrogen) atoms. The number of nitrogens with zero attached hydrogens (tertiary/aromatic N) is 1. The first-order valence-corrected chi connectivity index (χ1v) is 9.22. The predicted octanol–water partition coefficient (Wildman–Crippen LogP) is 0.665. The lowest BCUT2D eigenvalue weighted by molar-refractivity contribution is -0.136. The van der Waals surface area contributed by atoms with Crippen LogP contribution in [0.3, 0.4) is 0 Å². The first-order valence-electron chi connectivity index (χ1n) is 9.22. The largest absolute Gasteiger partial charge is 0.327 e. The Labute approximate surface area is 153 Å². The number of rotatable bonds is 7. The monoisotopic (exact) mass is 358 g/mol. The molecule has 2 aliphatic heterocycles. The fraction of sp³-hybridized carbons (Fsp3) is 0.526. The highest BCUT2D eigenvalue weighted by Crippen LogP contribution is 2.28. The van der Waals surface area contributed by atoms with Gasteiger partial charge in [0.05, 0.1) is 0 Å². The molecule has 1 saturated heterocycles. The smallest absolute Gasteiger partial charge is 0.255 e. The predicted molar refractivity (Wildman–Crippen MR) is 97.1 cm³/mol. The molecule has 2 unspecified atom stereocenters. The second-order valence-corrected chi connectivity index (χ2v) is 7.07. The van der Waals surface area contributed by atoms with Crippen LogP contribution in [-0.2, 0) is 22.7 Å². The average Bonchev–Trinajstić information content (AvgIpc) is 2.91. The van der Waals surface area contributed by atoms with Gasteiger partial charge in [-0.3, -0.25) is 19.7 Å². The minimum absolute atomic E-state index is 0.140. The Morgan fingerprint density at radius 2 is 2.15 bits per heavy atom. The van der Waals surface area contributed by atoms with E-state index in [9.17, 15) is 14.4 Å². The van der Waals surface area contributed by atoms with Gasteiger partial charge < -0.3 is 16.0 Å². The summed E-state index contributed by atoms with van der Waals surface area (Å²) in [5, 5.41) is 5.67. The third kappa shape index (κ3) is 3.94. The lowest BCUT2D eigenvalue weighted by Crippen LogP contribution is -2.52. The van der Waals surface area contributed by atoms with Gasteiger partial charge in [0.25, 0.3) is 5.91 Å². The molecule has 1 fully saturated rings. The summed E-state index contributed by atoms with van der Waals surface area (Å²) in [5.74, 6) is -0.793. The third-order valence-corrected chi connectivity index (χ3v) is 4.98. The minimum atomic E-state index is -0.568. The fourth-order valence-electron chi connectivity index (χ4n) is 3.61. The molecule has 0 aliphatic carbocycles. The van der Waals surface area contributed by atoms with Crippen molar-refractivity contribution in [3.63, 3.8) is 0 Å². The zero-order valence-corrected chi connectivity index (χ0v) is 15.1. The molecule has 1 aromatic carbocycles. The van der Waals surface area contributed by atoms with Crippen molar-refractivity contribution in [3.8, 4) is 0 Å². The van der Waals surface area contributed by atoms with Gasteiger partial charge in [-0.05, 0) is 30.0 Å². The number of imide groups is 1. The highest BCUT2D eigenvalue weighted by Gasteiger charge is 2.38. The third-order valence-electron chi connectivity index (χ3n) is 4.98. The van der Waals surface area contributed by atoms with Crippen LogP contribution in [0.15, 0.2) is 18.2 Å². The van der Waals surface area contributed by atoms with E-state index in [-0.39, 0.29) is 30.2 Å². The molecule has 3 amide bonds. The van der Waals surface area contributed by atoms with Gasteiger partial charge in [-0.1, -0.05) is 25.5 Å². The van der Waals surface area contributed by atoms with Gasteiger partial charge in [0.1, 0.15) is 6.04 Å². The summed E-state index contributed by atoms with van der Waals surface area (Å²) in [6.45, 7) is 3.97. The molecule has 0 saturated carbocycles. The standard InChI is InChI=1S/C19H26N4O3/c1-2-3-14(20)10-21-9-12-4-5-15-13(8-12)11-23(19(15)26)16-6-7-17(24)22-18(16)25/h4-5,8,14,16,21H,2-3,6-7,9-11,20H2,1H3,(H,22,24,25). The van der Waals surface area contributed by atoms with Crippen molar-refractivity contribution in [2.24, 2.45) is 5.73 Å². The highest BCUT2D eigenvalue weighted by atomic mass is 16.2. The Kier molecular flexibility index (Phi) is 5.68. The molecule has 0 bridgehead atoms. The summed E-state index contributed by atoms with van der Waals surface area (Å²) >= 11 is 0. The molecular formula is C19H26N4O3. The van der Waals surface area contributed by atoms with E-state index in [2.05, 4.69) is 17.6 Å². The quantitative estimate of drug-likeness (QED) is 0.621. The highest BCUT2D eigenvalue weighted by molar-refractivity contribution is 6.05. The molecule has 2 atom stereocenters. The number of fused-ring (bicyclic) bond motifs is 1. The molecule has 140 valence electrons. The zero-order valence-electron chi connectivity index (χ0n) is 15.1. The number of benzene rings is 1. The molecule has 3 rings (SSSR count). The van der Waals surface area contributed by atoms with Crippen LogP contribution in [0.4, 0.5) is 0 Å².